The van der Waals surface area contributed by atoms with Crippen molar-refractivity contribution in [2.75, 3.05) is 31.9 Å². The van der Waals surface area contributed by atoms with E-state index in [2.05, 4.69) is 0 Å². The Labute approximate surface area is 143 Å². The lowest BCUT2D eigenvalue weighted by atomic mass is 10.2. The van der Waals surface area contributed by atoms with Crippen molar-refractivity contribution >= 4 is 21.8 Å². The third-order valence-corrected chi connectivity index (χ3v) is 5.66. The number of rotatable bonds is 2. The molecule has 0 aromatic heterocycles. The third kappa shape index (κ3) is 4.18. The quantitative estimate of drug-likeness (QED) is 0.817. The van der Waals surface area contributed by atoms with Gasteiger partial charge in [-0.3, -0.25) is 0 Å². The first-order valence-electron chi connectivity index (χ1n) is 7.85. The summed E-state index contributed by atoms with van der Waals surface area (Å²) in [7, 11) is -3.59. The minimum Gasteiger partial charge on any atom is -0.444 e. The molecule has 1 amide bonds. The van der Waals surface area contributed by atoms with Gasteiger partial charge in [0.2, 0.25) is 10.0 Å². The van der Waals surface area contributed by atoms with Crippen molar-refractivity contribution in [3.63, 3.8) is 0 Å². The summed E-state index contributed by atoms with van der Waals surface area (Å²) in [5.41, 5.74) is 6.46. The first kappa shape index (κ1) is 18.5. The first-order valence-corrected chi connectivity index (χ1v) is 9.29. The lowest BCUT2D eigenvalue weighted by Gasteiger charge is -2.35. The number of nitrogens with zero attached hydrogens (tertiary/aromatic N) is 2. The highest BCUT2D eigenvalue weighted by Gasteiger charge is 2.32. The topological polar surface area (TPSA) is 92.9 Å². The molecule has 2 rings (SSSR count). The van der Waals surface area contributed by atoms with Crippen LogP contribution in [-0.4, -0.2) is 55.5 Å². The highest BCUT2D eigenvalue weighted by atomic mass is 32.2. The fraction of sp³-hybridized carbons (Fsp3) is 0.562. The molecule has 0 aliphatic carbocycles. The average molecular weight is 355 g/mol. The number of piperazine rings is 1. The lowest BCUT2D eigenvalue weighted by molar-refractivity contribution is 0.0192. The Morgan fingerprint density at radius 2 is 1.75 bits per heavy atom. The van der Waals surface area contributed by atoms with Gasteiger partial charge in [-0.1, -0.05) is 0 Å². The third-order valence-electron chi connectivity index (χ3n) is 3.77. The van der Waals surface area contributed by atoms with Crippen LogP contribution in [0.4, 0.5) is 10.5 Å². The van der Waals surface area contributed by atoms with E-state index in [1.807, 2.05) is 0 Å². The van der Waals surface area contributed by atoms with Crippen molar-refractivity contribution in [1.29, 1.82) is 0 Å². The van der Waals surface area contributed by atoms with Gasteiger partial charge in [0.15, 0.2) is 0 Å². The van der Waals surface area contributed by atoms with Gasteiger partial charge in [-0.15, -0.1) is 0 Å². The van der Waals surface area contributed by atoms with Crippen LogP contribution in [0.15, 0.2) is 23.1 Å². The highest BCUT2D eigenvalue weighted by molar-refractivity contribution is 7.89. The molecule has 0 bridgehead atoms. The summed E-state index contributed by atoms with van der Waals surface area (Å²) in [5.74, 6) is 0. The minimum atomic E-state index is -3.59. The van der Waals surface area contributed by atoms with Gasteiger partial charge in [0, 0.05) is 31.9 Å². The molecular formula is C16H25N3O4S. The fourth-order valence-electron chi connectivity index (χ4n) is 2.40. The predicted molar refractivity (Wildman–Crippen MR) is 92.2 cm³/mol. The normalized spacial score (nSPS) is 16.9. The Bertz CT molecular complexity index is 717. The monoisotopic (exact) mass is 355 g/mol. The van der Waals surface area contributed by atoms with Crippen molar-refractivity contribution < 1.29 is 17.9 Å². The molecule has 1 aliphatic heterocycles. The maximum atomic E-state index is 12.7. The Hall–Kier alpha value is -1.80. The molecule has 0 saturated carbocycles. The molecule has 134 valence electrons. The average Bonchev–Trinajstić information content (AvgIpc) is 2.48. The molecule has 8 heteroatoms. The first-order chi connectivity index (χ1) is 11.0. The number of nitrogen functional groups attached to an aromatic ring is 1. The molecular weight excluding hydrogens is 330 g/mol. The molecule has 7 nitrogen and oxygen atoms in total. The van der Waals surface area contributed by atoms with Gasteiger partial charge in [-0.05, 0) is 51.5 Å². The second-order valence-corrected chi connectivity index (χ2v) is 8.83. The Balaban J connectivity index is 2.05. The smallest absolute Gasteiger partial charge is 0.410 e. The van der Waals surface area contributed by atoms with Crippen LogP contribution in [0, 0.1) is 6.92 Å². The summed E-state index contributed by atoms with van der Waals surface area (Å²) in [5, 5.41) is 0. The minimum absolute atomic E-state index is 0.222. The molecule has 0 spiro atoms. The van der Waals surface area contributed by atoms with Crippen LogP contribution in [0.5, 0.6) is 0 Å². The number of nitrogens with two attached hydrogens (primary N) is 1. The molecule has 1 fully saturated rings. The second-order valence-electron chi connectivity index (χ2n) is 6.89. The molecule has 1 aromatic rings. The number of amides is 1. The maximum Gasteiger partial charge on any atom is 0.410 e. The van der Waals surface area contributed by atoms with E-state index in [0.717, 1.165) is 5.56 Å². The number of carbonyl (C=O) groups excluding carboxylic acids is 1. The van der Waals surface area contributed by atoms with Crippen LogP contribution in [0.1, 0.15) is 26.3 Å². The van der Waals surface area contributed by atoms with Gasteiger partial charge >= 0.3 is 6.09 Å². The molecule has 2 N–H and O–H groups in total. The van der Waals surface area contributed by atoms with Crippen molar-refractivity contribution in [3.8, 4) is 0 Å². The van der Waals surface area contributed by atoms with Crippen molar-refractivity contribution in [2.24, 2.45) is 0 Å². The largest absolute Gasteiger partial charge is 0.444 e. The van der Waals surface area contributed by atoms with Crippen LogP contribution in [0.25, 0.3) is 0 Å². The van der Waals surface area contributed by atoms with Gasteiger partial charge in [0.25, 0.3) is 0 Å². The highest BCUT2D eigenvalue weighted by Crippen LogP contribution is 2.22. The van der Waals surface area contributed by atoms with E-state index in [-0.39, 0.29) is 18.0 Å². The lowest BCUT2D eigenvalue weighted by Crippen LogP contribution is -2.51. The summed E-state index contributed by atoms with van der Waals surface area (Å²) in [6.07, 6.45) is -0.414. The zero-order chi connectivity index (χ0) is 18.1. The van der Waals surface area contributed by atoms with Crippen molar-refractivity contribution in [3.05, 3.63) is 23.8 Å². The van der Waals surface area contributed by atoms with Gasteiger partial charge in [0.05, 0.1) is 4.90 Å². The fourth-order valence-corrected chi connectivity index (χ4v) is 3.90. The molecule has 1 aromatic carbocycles. The van der Waals surface area contributed by atoms with Crippen LogP contribution in [-0.2, 0) is 14.8 Å². The Morgan fingerprint density at radius 1 is 1.17 bits per heavy atom. The second kappa shape index (κ2) is 6.60. The van der Waals surface area contributed by atoms with Gasteiger partial charge in [-0.2, -0.15) is 4.31 Å². The van der Waals surface area contributed by atoms with Crippen LogP contribution in [0.2, 0.25) is 0 Å². The van der Waals surface area contributed by atoms with Gasteiger partial charge < -0.3 is 15.4 Å². The zero-order valence-electron chi connectivity index (χ0n) is 14.6. The molecule has 0 radical (unpaired) electrons. The van der Waals surface area contributed by atoms with E-state index in [1.165, 1.54) is 15.3 Å². The van der Waals surface area contributed by atoms with E-state index < -0.39 is 21.7 Å². The van der Waals surface area contributed by atoms with Gasteiger partial charge in [-0.25, -0.2) is 13.2 Å². The van der Waals surface area contributed by atoms with Crippen molar-refractivity contribution in [2.45, 2.75) is 38.2 Å². The number of benzene rings is 1. The summed E-state index contributed by atoms with van der Waals surface area (Å²) in [4.78, 5) is 13.8. The summed E-state index contributed by atoms with van der Waals surface area (Å²) in [6.45, 7) is 8.27. The number of sulfonamides is 1. The van der Waals surface area contributed by atoms with Crippen LogP contribution in [0.3, 0.4) is 0 Å². The van der Waals surface area contributed by atoms with Crippen LogP contribution >= 0.6 is 0 Å². The molecule has 0 atom stereocenters. The molecule has 1 saturated heterocycles. The van der Waals surface area contributed by atoms with Crippen LogP contribution < -0.4 is 5.73 Å². The molecule has 24 heavy (non-hydrogen) atoms. The number of aryl methyl sites for hydroxylation is 1. The number of anilines is 1. The summed E-state index contributed by atoms with van der Waals surface area (Å²) in [6, 6.07) is 4.68. The molecule has 0 unspecified atom stereocenters. The number of hydrogen-bond acceptors (Lipinski definition) is 5. The number of ether oxygens (including phenoxy) is 1. The molecule has 1 heterocycles. The predicted octanol–water partition coefficient (Wildman–Crippen LogP) is 1.82. The van der Waals surface area contributed by atoms with E-state index in [0.29, 0.717) is 18.8 Å². The Kier molecular flexibility index (Phi) is 5.10. The summed E-state index contributed by atoms with van der Waals surface area (Å²) < 4.78 is 32.1. The standard InChI is InChI=1S/C16H25N3O4S/c1-12-11-13(5-6-14(12)17)24(21,22)19-9-7-18(8-10-19)15(20)23-16(2,3)4/h5-6,11H,7-10,17H2,1-4H3. The summed E-state index contributed by atoms with van der Waals surface area (Å²) >= 11 is 0. The zero-order valence-corrected chi connectivity index (χ0v) is 15.4. The van der Waals surface area contributed by atoms with Gasteiger partial charge in [0.1, 0.15) is 5.60 Å². The van der Waals surface area contributed by atoms with E-state index >= 15 is 0 Å². The SMILES string of the molecule is Cc1cc(S(=O)(=O)N2CCN(C(=O)OC(C)(C)C)CC2)ccc1N. The number of carbonyl (C=O) groups is 1. The maximum absolute atomic E-state index is 12.7. The number of hydrogen-bond donors (Lipinski definition) is 1. The molecule has 1 aliphatic rings. The van der Waals surface area contributed by atoms with Crippen molar-refractivity contribution in [1.82, 2.24) is 9.21 Å². The van der Waals surface area contributed by atoms with E-state index in [4.69, 9.17) is 10.5 Å². The van der Waals surface area contributed by atoms with E-state index in [9.17, 15) is 13.2 Å². The van der Waals surface area contributed by atoms with E-state index in [1.54, 1.807) is 39.8 Å². The Morgan fingerprint density at radius 3 is 2.25 bits per heavy atom.